The highest BCUT2D eigenvalue weighted by Crippen LogP contribution is 2.08. The molecular weight excluding hydrogens is 252 g/mol. The molecule has 1 aliphatic heterocycles. The largest absolute Gasteiger partial charge is 0.484 e. The molecule has 1 saturated heterocycles. The van der Waals surface area contributed by atoms with Crippen LogP contribution in [0.4, 0.5) is 0 Å². The van der Waals surface area contributed by atoms with E-state index in [-0.39, 0.29) is 31.0 Å². The zero-order valence-electron chi connectivity index (χ0n) is 10.2. The standard InChI is InChI=1S/C13H18N2O2.ClH/c16-13(15-11-5-4-8-14-9-11)10-17-12-6-2-1-3-7-12;/h1-3,6-7,11,14H,4-5,8-10H2,(H,15,16);1H/t11-;/m1./s1. The molecule has 0 saturated carbocycles. The molecule has 0 spiro atoms. The van der Waals surface area contributed by atoms with Gasteiger partial charge in [0, 0.05) is 12.6 Å². The third-order valence-electron chi connectivity index (χ3n) is 2.78. The van der Waals surface area contributed by atoms with E-state index in [0.29, 0.717) is 0 Å². The smallest absolute Gasteiger partial charge is 0.258 e. The second-order valence-electron chi connectivity index (χ2n) is 4.21. The van der Waals surface area contributed by atoms with Gasteiger partial charge in [-0.3, -0.25) is 4.79 Å². The molecule has 1 aliphatic rings. The lowest BCUT2D eigenvalue weighted by molar-refractivity contribution is -0.123. The van der Waals surface area contributed by atoms with E-state index in [4.69, 9.17) is 4.74 Å². The molecule has 2 N–H and O–H groups in total. The second-order valence-corrected chi connectivity index (χ2v) is 4.21. The van der Waals surface area contributed by atoms with Crippen molar-refractivity contribution in [2.75, 3.05) is 19.7 Å². The summed E-state index contributed by atoms with van der Waals surface area (Å²) in [4.78, 5) is 11.6. The predicted molar refractivity (Wildman–Crippen MR) is 73.2 cm³/mol. The monoisotopic (exact) mass is 270 g/mol. The summed E-state index contributed by atoms with van der Waals surface area (Å²) >= 11 is 0. The molecular formula is C13H19ClN2O2. The van der Waals surface area contributed by atoms with Crippen molar-refractivity contribution in [2.24, 2.45) is 0 Å². The lowest BCUT2D eigenvalue weighted by atomic mass is 10.1. The van der Waals surface area contributed by atoms with Crippen molar-refractivity contribution in [1.29, 1.82) is 0 Å². The molecule has 18 heavy (non-hydrogen) atoms. The molecule has 1 heterocycles. The number of benzene rings is 1. The maximum absolute atomic E-state index is 11.6. The van der Waals surface area contributed by atoms with Gasteiger partial charge in [0.2, 0.25) is 0 Å². The summed E-state index contributed by atoms with van der Waals surface area (Å²) in [6.07, 6.45) is 2.16. The zero-order valence-corrected chi connectivity index (χ0v) is 11.0. The second kappa shape index (κ2) is 7.95. The molecule has 0 unspecified atom stereocenters. The molecule has 1 atom stereocenters. The van der Waals surface area contributed by atoms with Crippen molar-refractivity contribution < 1.29 is 9.53 Å². The number of carbonyl (C=O) groups excluding carboxylic acids is 1. The van der Waals surface area contributed by atoms with Crippen molar-refractivity contribution in [3.63, 3.8) is 0 Å². The Bertz CT molecular complexity index is 353. The van der Waals surface area contributed by atoms with Crippen molar-refractivity contribution in [3.05, 3.63) is 30.3 Å². The Morgan fingerprint density at radius 2 is 2.17 bits per heavy atom. The highest BCUT2D eigenvalue weighted by molar-refractivity contribution is 5.85. The number of piperidine rings is 1. The van der Waals surface area contributed by atoms with E-state index in [1.54, 1.807) is 0 Å². The first-order valence-electron chi connectivity index (χ1n) is 6.02. The molecule has 0 aliphatic carbocycles. The number of carbonyl (C=O) groups is 1. The van der Waals surface area contributed by atoms with Crippen molar-refractivity contribution >= 4 is 18.3 Å². The lowest BCUT2D eigenvalue weighted by Crippen LogP contribution is -2.46. The zero-order chi connectivity index (χ0) is 11.9. The third-order valence-corrected chi connectivity index (χ3v) is 2.78. The SMILES string of the molecule is Cl.O=C(COc1ccccc1)N[C@@H]1CCCNC1. The van der Waals surface area contributed by atoms with Crippen LogP contribution in [0.25, 0.3) is 0 Å². The van der Waals surface area contributed by atoms with Crippen LogP contribution < -0.4 is 15.4 Å². The van der Waals surface area contributed by atoms with E-state index in [1.807, 2.05) is 30.3 Å². The normalized spacial score (nSPS) is 18.6. The van der Waals surface area contributed by atoms with E-state index in [9.17, 15) is 4.79 Å². The summed E-state index contributed by atoms with van der Waals surface area (Å²) in [7, 11) is 0. The van der Waals surface area contributed by atoms with Gasteiger partial charge in [-0.05, 0) is 31.5 Å². The minimum absolute atomic E-state index is 0. The van der Waals surface area contributed by atoms with Crippen LogP contribution in [-0.4, -0.2) is 31.6 Å². The quantitative estimate of drug-likeness (QED) is 0.869. The number of nitrogens with one attached hydrogen (secondary N) is 2. The maximum atomic E-state index is 11.6. The summed E-state index contributed by atoms with van der Waals surface area (Å²) in [5.74, 6) is 0.673. The van der Waals surface area contributed by atoms with E-state index >= 15 is 0 Å². The Morgan fingerprint density at radius 1 is 1.39 bits per heavy atom. The molecule has 0 aromatic heterocycles. The Balaban J connectivity index is 0.00000162. The summed E-state index contributed by atoms with van der Waals surface area (Å²) in [5.41, 5.74) is 0. The summed E-state index contributed by atoms with van der Waals surface area (Å²) in [6, 6.07) is 9.62. The molecule has 1 aromatic carbocycles. The Hall–Kier alpha value is -1.26. The Morgan fingerprint density at radius 3 is 2.83 bits per heavy atom. The fraction of sp³-hybridized carbons (Fsp3) is 0.462. The minimum Gasteiger partial charge on any atom is -0.484 e. The first kappa shape index (κ1) is 14.8. The number of ether oxygens (including phenoxy) is 1. The first-order chi connectivity index (χ1) is 8.34. The van der Waals surface area contributed by atoms with Crippen LogP contribution in [0.1, 0.15) is 12.8 Å². The minimum atomic E-state index is -0.0532. The van der Waals surface area contributed by atoms with Gasteiger partial charge >= 0.3 is 0 Å². The molecule has 1 fully saturated rings. The molecule has 0 radical (unpaired) electrons. The molecule has 2 rings (SSSR count). The Kier molecular flexibility index (Phi) is 6.54. The highest BCUT2D eigenvalue weighted by Gasteiger charge is 2.15. The van der Waals surface area contributed by atoms with Crippen LogP contribution in [0, 0.1) is 0 Å². The van der Waals surface area contributed by atoms with Crippen LogP contribution in [0.5, 0.6) is 5.75 Å². The maximum Gasteiger partial charge on any atom is 0.258 e. The van der Waals surface area contributed by atoms with E-state index < -0.39 is 0 Å². The van der Waals surface area contributed by atoms with Crippen molar-refractivity contribution in [2.45, 2.75) is 18.9 Å². The van der Waals surface area contributed by atoms with Gasteiger partial charge in [-0.25, -0.2) is 0 Å². The van der Waals surface area contributed by atoms with E-state index in [1.165, 1.54) is 0 Å². The van der Waals surface area contributed by atoms with Gasteiger partial charge in [-0.15, -0.1) is 12.4 Å². The number of hydrogen-bond donors (Lipinski definition) is 2. The molecule has 1 aromatic rings. The van der Waals surface area contributed by atoms with E-state index in [2.05, 4.69) is 10.6 Å². The van der Waals surface area contributed by atoms with Gasteiger partial charge in [0.25, 0.3) is 5.91 Å². The number of hydrogen-bond acceptors (Lipinski definition) is 3. The lowest BCUT2D eigenvalue weighted by Gasteiger charge is -2.23. The molecule has 4 nitrogen and oxygen atoms in total. The number of rotatable bonds is 4. The van der Waals surface area contributed by atoms with Crippen LogP contribution in [0.3, 0.4) is 0 Å². The van der Waals surface area contributed by atoms with Gasteiger partial charge in [0.05, 0.1) is 0 Å². The van der Waals surface area contributed by atoms with Crippen LogP contribution in [0.15, 0.2) is 30.3 Å². The van der Waals surface area contributed by atoms with Crippen molar-refractivity contribution in [3.8, 4) is 5.75 Å². The van der Waals surface area contributed by atoms with Crippen LogP contribution in [0.2, 0.25) is 0 Å². The van der Waals surface area contributed by atoms with E-state index in [0.717, 1.165) is 31.7 Å². The fourth-order valence-electron chi connectivity index (χ4n) is 1.91. The van der Waals surface area contributed by atoms with Crippen LogP contribution in [-0.2, 0) is 4.79 Å². The highest BCUT2D eigenvalue weighted by atomic mass is 35.5. The number of amides is 1. The summed E-state index contributed by atoms with van der Waals surface area (Å²) in [5, 5.41) is 6.22. The predicted octanol–water partition coefficient (Wildman–Crippen LogP) is 1.36. The first-order valence-corrected chi connectivity index (χ1v) is 6.02. The summed E-state index contributed by atoms with van der Waals surface area (Å²) in [6.45, 7) is 1.99. The third kappa shape index (κ3) is 4.94. The number of halogens is 1. The van der Waals surface area contributed by atoms with Gasteiger partial charge in [0.1, 0.15) is 5.75 Å². The fourth-order valence-corrected chi connectivity index (χ4v) is 1.91. The average Bonchev–Trinajstić information content (AvgIpc) is 2.39. The van der Waals surface area contributed by atoms with Crippen LogP contribution >= 0.6 is 12.4 Å². The van der Waals surface area contributed by atoms with Gasteiger partial charge in [0.15, 0.2) is 6.61 Å². The van der Waals surface area contributed by atoms with Gasteiger partial charge in [-0.1, -0.05) is 18.2 Å². The summed E-state index contributed by atoms with van der Waals surface area (Å²) < 4.78 is 5.38. The topological polar surface area (TPSA) is 50.4 Å². The molecule has 1 amide bonds. The molecule has 100 valence electrons. The van der Waals surface area contributed by atoms with Gasteiger partial charge < -0.3 is 15.4 Å². The number of para-hydroxylation sites is 1. The Labute approximate surface area is 114 Å². The molecule has 0 bridgehead atoms. The average molecular weight is 271 g/mol. The molecule has 5 heteroatoms. The van der Waals surface area contributed by atoms with Crippen molar-refractivity contribution in [1.82, 2.24) is 10.6 Å². The van der Waals surface area contributed by atoms with Gasteiger partial charge in [-0.2, -0.15) is 0 Å².